The zero-order chi connectivity index (χ0) is 17.9. The lowest BCUT2D eigenvalue weighted by Gasteiger charge is -2.49. The normalized spacial score (nSPS) is 24.9. The van der Waals surface area contributed by atoms with Gasteiger partial charge in [0.1, 0.15) is 11.9 Å². The highest BCUT2D eigenvalue weighted by molar-refractivity contribution is 5.76. The van der Waals surface area contributed by atoms with Crippen LogP contribution in [0.2, 0.25) is 0 Å². The lowest BCUT2D eigenvalue weighted by molar-refractivity contribution is -0.130. The van der Waals surface area contributed by atoms with Crippen molar-refractivity contribution in [1.29, 1.82) is 5.26 Å². The molecule has 132 valence electrons. The van der Waals surface area contributed by atoms with Crippen LogP contribution in [0.15, 0.2) is 31.0 Å². The fourth-order valence-corrected chi connectivity index (χ4v) is 3.96. The number of pyridine rings is 1. The maximum Gasteiger partial charge on any atom is 0.222 e. The molecule has 0 aliphatic carbocycles. The molecule has 0 bridgehead atoms. The zero-order valence-corrected chi connectivity index (χ0v) is 14.8. The van der Waals surface area contributed by atoms with Gasteiger partial charge in [-0.05, 0) is 32.0 Å². The largest absolute Gasteiger partial charge is 0.352 e. The van der Waals surface area contributed by atoms with Crippen LogP contribution in [0, 0.1) is 11.3 Å². The third-order valence-corrected chi connectivity index (χ3v) is 5.56. The summed E-state index contributed by atoms with van der Waals surface area (Å²) in [4.78, 5) is 23.3. The highest BCUT2D eigenvalue weighted by Crippen LogP contribution is 2.34. The average molecular weight is 339 g/mol. The Hall–Kier alpha value is -2.39. The van der Waals surface area contributed by atoms with Crippen molar-refractivity contribution in [3.8, 4) is 6.07 Å². The first-order valence-corrected chi connectivity index (χ1v) is 8.79. The molecule has 0 radical (unpaired) electrons. The third kappa shape index (κ3) is 3.38. The van der Waals surface area contributed by atoms with E-state index in [1.54, 1.807) is 18.3 Å². The first kappa shape index (κ1) is 17.4. The number of amides is 1. The number of likely N-dealkylation sites (tertiary alicyclic amines) is 1. The summed E-state index contributed by atoms with van der Waals surface area (Å²) in [5, 5.41) is 9.39. The van der Waals surface area contributed by atoms with E-state index in [-0.39, 0.29) is 11.4 Å². The van der Waals surface area contributed by atoms with Gasteiger partial charge < -0.3 is 9.80 Å². The Kier molecular flexibility index (Phi) is 5.05. The molecule has 1 unspecified atom stereocenters. The van der Waals surface area contributed by atoms with Gasteiger partial charge in [0.2, 0.25) is 5.91 Å². The number of hydrogen-bond acceptors (Lipinski definition) is 5. The smallest absolute Gasteiger partial charge is 0.222 e. The van der Waals surface area contributed by atoms with Gasteiger partial charge in [0.25, 0.3) is 0 Å². The van der Waals surface area contributed by atoms with Crippen LogP contribution in [0.25, 0.3) is 0 Å². The summed E-state index contributed by atoms with van der Waals surface area (Å²) >= 11 is 0. The molecule has 2 aliphatic heterocycles. The average Bonchev–Trinajstić information content (AvgIpc) is 2.79. The molecule has 2 fully saturated rings. The first-order valence-electron chi connectivity index (χ1n) is 8.79. The summed E-state index contributed by atoms with van der Waals surface area (Å²) in [6.07, 6.45) is 5.85. The van der Waals surface area contributed by atoms with Crippen molar-refractivity contribution < 1.29 is 4.79 Å². The second-order valence-electron chi connectivity index (χ2n) is 6.93. The molecule has 1 aromatic heterocycles. The van der Waals surface area contributed by atoms with Crippen molar-refractivity contribution in [2.24, 2.45) is 0 Å². The van der Waals surface area contributed by atoms with Gasteiger partial charge in [-0.2, -0.15) is 5.26 Å². The van der Waals surface area contributed by atoms with Crippen molar-refractivity contribution >= 4 is 11.7 Å². The molecule has 2 aliphatic rings. The van der Waals surface area contributed by atoms with Crippen molar-refractivity contribution in [1.82, 2.24) is 14.8 Å². The highest BCUT2D eigenvalue weighted by atomic mass is 16.2. The minimum Gasteiger partial charge on any atom is -0.352 e. The highest BCUT2D eigenvalue weighted by Gasteiger charge is 2.42. The molecule has 1 atom stereocenters. The molecule has 0 N–H and O–H groups in total. The van der Waals surface area contributed by atoms with Crippen LogP contribution in [0.3, 0.4) is 0 Å². The Labute approximate surface area is 149 Å². The van der Waals surface area contributed by atoms with Crippen molar-refractivity contribution in [3.63, 3.8) is 0 Å². The van der Waals surface area contributed by atoms with Gasteiger partial charge in [-0.1, -0.05) is 6.08 Å². The van der Waals surface area contributed by atoms with E-state index in [2.05, 4.69) is 34.5 Å². The van der Waals surface area contributed by atoms with Gasteiger partial charge in [-0.25, -0.2) is 4.98 Å². The topological polar surface area (TPSA) is 63.5 Å². The molecular weight excluding hydrogens is 314 g/mol. The number of carbonyl (C=O) groups is 1. The number of hydrogen-bond donors (Lipinski definition) is 0. The number of carbonyl (C=O) groups excluding carboxylic acids is 1. The number of piperazine rings is 1. The summed E-state index contributed by atoms with van der Waals surface area (Å²) < 4.78 is 0. The van der Waals surface area contributed by atoms with E-state index in [1.807, 2.05) is 11.0 Å². The molecule has 1 aromatic rings. The quantitative estimate of drug-likeness (QED) is 0.784. The Balaban J connectivity index is 1.84. The molecule has 2 saturated heterocycles. The van der Waals surface area contributed by atoms with Gasteiger partial charge in [0, 0.05) is 50.9 Å². The van der Waals surface area contributed by atoms with E-state index < -0.39 is 0 Å². The van der Waals surface area contributed by atoms with Crippen LogP contribution in [0.5, 0.6) is 0 Å². The maximum absolute atomic E-state index is 12.4. The van der Waals surface area contributed by atoms with E-state index in [4.69, 9.17) is 0 Å². The van der Waals surface area contributed by atoms with Crippen LogP contribution in [-0.2, 0) is 4.79 Å². The fraction of sp³-hybridized carbons (Fsp3) is 0.526. The lowest BCUT2D eigenvalue weighted by atomic mass is 9.86. The number of aromatic nitrogens is 1. The lowest BCUT2D eigenvalue weighted by Crippen LogP contribution is -2.61. The number of nitrogens with zero attached hydrogens (tertiary/aromatic N) is 5. The number of nitriles is 1. The molecule has 6 nitrogen and oxygen atoms in total. The van der Waals surface area contributed by atoms with Crippen LogP contribution >= 0.6 is 0 Å². The number of anilines is 1. The number of likely N-dealkylation sites (N-methyl/N-ethyl adjacent to an activating group) is 1. The van der Waals surface area contributed by atoms with Gasteiger partial charge in [-0.3, -0.25) is 9.69 Å². The van der Waals surface area contributed by atoms with Crippen LogP contribution in [-0.4, -0.2) is 66.0 Å². The first-order chi connectivity index (χ1) is 12.1. The Morgan fingerprint density at radius 3 is 3.00 bits per heavy atom. The van der Waals surface area contributed by atoms with Gasteiger partial charge >= 0.3 is 0 Å². The van der Waals surface area contributed by atoms with Crippen LogP contribution < -0.4 is 4.90 Å². The monoisotopic (exact) mass is 339 g/mol. The Morgan fingerprint density at radius 1 is 1.40 bits per heavy atom. The summed E-state index contributed by atoms with van der Waals surface area (Å²) in [5.41, 5.74) is 0.550. The van der Waals surface area contributed by atoms with E-state index in [0.29, 0.717) is 18.5 Å². The van der Waals surface area contributed by atoms with E-state index in [9.17, 15) is 10.1 Å². The van der Waals surface area contributed by atoms with Crippen LogP contribution in [0.4, 0.5) is 5.82 Å². The maximum atomic E-state index is 12.4. The fourth-order valence-electron chi connectivity index (χ4n) is 3.96. The number of rotatable bonds is 3. The predicted octanol–water partition coefficient (Wildman–Crippen LogP) is 1.64. The van der Waals surface area contributed by atoms with Crippen molar-refractivity contribution in [2.75, 3.05) is 44.7 Å². The Bertz CT molecular complexity index is 697. The zero-order valence-electron chi connectivity index (χ0n) is 14.8. The predicted molar refractivity (Wildman–Crippen MR) is 97.2 cm³/mol. The van der Waals surface area contributed by atoms with E-state index in [1.165, 1.54) is 0 Å². The summed E-state index contributed by atoms with van der Waals surface area (Å²) in [5.74, 6) is 0.967. The minimum atomic E-state index is -0.0614. The molecule has 1 spiro atoms. The SMILES string of the molecule is C=CCN1CCC2(CCC1=O)CN(c1ncccc1C#N)CCN2C. The molecular formula is C19H25N5O. The van der Waals surface area contributed by atoms with Crippen molar-refractivity contribution in [3.05, 3.63) is 36.5 Å². The summed E-state index contributed by atoms with van der Waals surface area (Å²) in [6, 6.07) is 5.86. The molecule has 6 heteroatoms. The standard InChI is InChI=1S/C19H25N5O/c1-3-10-23-11-8-19(7-6-17(23)25)15-24(13-12-22(19)2)18-16(14-20)5-4-9-21-18/h3-5,9H,1,6-8,10-13,15H2,2H3. The third-order valence-electron chi connectivity index (χ3n) is 5.56. The van der Waals surface area contributed by atoms with Gasteiger partial charge in [0.15, 0.2) is 0 Å². The molecule has 3 heterocycles. The van der Waals surface area contributed by atoms with Gasteiger partial charge in [-0.15, -0.1) is 6.58 Å². The summed E-state index contributed by atoms with van der Waals surface area (Å²) in [6.45, 7) is 7.65. The molecule has 1 amide bonds. The molecule has 0 saturated carbocycles. The molecule has 0 aromatic carbocycles. The second kappa shape index (κ2) is 7.24. The van der Waals surface area contributed by atoms with E-state index >= 15 is 0 Å². The minimum absolute atomic E-state index is 0.0614. The van der Waals surface area contributed by atoms with E-state index in [0.717, 1.165) is 44.8 Å². The summed E-state index contributed by atoms with van der Waals surface area (Å²) in [7, 11) is 2.15. The van der Waals surface area contributed by atoms with Crippen LogP contribution in [0.1, 0.15) is 24.8 Å². The molecule has 3 rings (SSSR count). The molecule has 25 heavy (non-hydrogen) atoms. The second-order valence-corrected chi connectivity index (χ2v) is 6.93. The Morgan fingerprint density at radius 2 is 2.24 bits per heavy atom. The van der Waals surface area contributed by atoms with Gasteiger partial charge in [0.05, 0.1) is 5.56 Å². The van der Waals surface area contributed by atoms with Crippen molar-refractivity contribution in [2.45, 2.75) is 24.8 Å².